The summed E-state index contributed by atoms with van der Waals surface area (Å²) in [6.07, 6.45) is 4.10. The van der Waals surface area contributed by atoms with E-state index in [4.69, 9.17) is 10.5 Å². The van der Waals surface area contributed by atoms with Crippen LogP contribution in [-0.2, 0) is 11.2 Å². The Hall–Kier alpha value is -2.30. The number of nitrogens with two attached hydrogens (primary N) is 1. The normalized spacial score (nSPS) is 12.1. The van der Waals surface area contributed by atoms with Crippen LogP contribution >= 0.6 is 0 Å². The van der Waals surface area contributed by atoms with Crippen LogP contribution in [0.15, 0.2) is 36.7 Å². The number of hydrogen-bond acceptors (Lipinski definition) is 3. The van der Waals surface area contributed by atoms with E-state index in [1.165, 1.54) is 0 Å². The van der Waals surface area contributed by atoms with Gasteiger partial charge in [0.05, 0.1) is 7.11 Å². The average molecular weight is 259 g/mol. The molecule has 1 unspecified atom stereocenters. The molecule has 19 heavy (non-hydrogen) atoms. The molecule has 1 aromatic heterocycles. The second kappa shape index (κ2) is 5.56. The molecule has 0 radical (unpaired) electrons. The molecule has 0 aliphatic carbocycles. The molecule has 1 amide bonds. The highest BCUT2D eigenvalue weighted by Crippen LogP contribution is 2.16. The van der Waals surface area contributed by atoms with Gasteiger partial charge in [-0.3, -0.25) is 4.79 Å². The maximum atomic E-state index is 11.2. The fraction of sp³-hybridized carbons (Fsp3) is 0.286. The SMILES string of the molecule is COc1ccc(Cc2nccn2C(C)C(N)=O)cc1. The standard InChI is InChI=1S/C14H17N3O2/c1-10(14(15)18)17-8-7-16-13(17)9-11-3-5-12(19-2)6-4-11/h3-8,10H,9H2,1-2H3,(H2,15,18). The molecule has 2 aromatic rings. The second-order valence-electron chi connectivity index (χ2n) is 4.35. The molecular formula is C14H17N3O2. The summed E-state index contributed by atoms with van der Waals surface area (Å²) in [4.78, 5) is 15.5. The van der Waals surface area contributed by atoms with Gasteiger partial charge in [-0.2, -0.15) is 0 Å². The maximum absolute atomic E-state index is 11.2. The third kappa shape index (κ3) is 2.93. The van der Waals surface area contributed by atoms with Crippen molar-refractivity contribution < 1.29 is 9.53 Å². The highest BCUT2D eigenvalue weighted by atomic mass is 16.5. The number of rotatable bonds is 5. The largest absolute Gasteiger partial charge is 0.497 e. The summed E-state index contributed by atoms with van der Waals surface area (Å²) in [6, 6.07) is 7.37. The van der Waals surface area contributed by atoms with Crippen molar-refractivity contribution in [3.63, 3.8) is 0 Å². The lowest BCUT2D eigenvalue weighted by molar-refractivity contribution is -0.120. The van der Waals surface area contributed by atoms with Gasteiger partial charge in [0.25, 0.3) is 0 Å². The van der Waals surface area contributed by atoms with Crippen molar-refractivity contribution in [3.8, 4) is 5.75 Å². The Labute approximate surface area is 112 Å². The number of carbonyl (C=O) groups excluding carboxylic acids is 1. The lowest BCUT2D eigenvalue weighted by Gasteiger charge is -2.13. The first-order chi connectivity index (χ1) is 9.11. The highest BCUT2D eigenvalue weighted by Gasteiger charge is 2.14. The molecule has 0 aliphatic heterocycles. The average Bonchev–Trinajstić information content (AvgIpc) is 2.86. The molecular weight excluding hydrogens is 242 g/mol. The molecule has 0 saturated heterocycles. The molecule has 1 atom stereocenters. The Balaban J connectivity index is 2.19. The molecule has 0 fully saturated rings. The number of hydrogen-bond donors (Lipinski definition) is 1. The highest BCUT2D eigenvalue weighted by molar-refractivity contribution is 5.77. The Morgan fingerprint density at radius 1 is 1.42 bits per heavy atom. The van der Waals surface area contributed by atoms with Gasteiger partial charge in [0, 0.05) is 18.8 Å². The maximum Gasteiger partial charge on any atom is 0.240 e. The van der Waals surface area contributed by atoms with E-state index in [0.717, 1.165) is 17.1 Å². The Morgan fingerprint density at radius 3 is 2.68 bits per heavy atom. The molecule has 0 aliphatic rings. The van der Waals surface area contributed by atoms with Crippen molar-refractivity contribution in [2.24, 2.45) is 5.73 Å². The number of amides is 1. The smallest absolute Gasteiger partial charge is 0.240 e. The van der Waals surface area contributed by atoms with Gasteiger partial charge in [-0.25, -0.2) is 4.98 Å². The molecule has 2 N–H and O–H groups in total. The summed E-state index contributed by atoms with van der Waals surface area (Å²) in [5, 5.41) is 0. The van der Waals surface area contributed by atoms with E-state index in [2.05, 4.69) is 4.98 Å². The topological polar surface area (TPSA) is 70.1 Å². The van der Waals surface area contributed by atoms with Crippen molar-refractivity contribution in [1.82, 2.24) is 9.55 Å². The number of ether oxygens (including phenoxy) is 1. The Morgan fingerprint density at radius 2 is 2.11 bits per heavy atom. The van der Waals surface area contributed by atoms with Gasteiger partial charge in [0.2, 0.25) is 5.91 Å². The van der Waals surface area contributed by atoms with Crippen LogP contribution in [0.3, 0.4) is 0 Å². The number of aromatic nitrogens is 2. The van der Waals surface area contributed by atoms with E-state index >= 15 is 0 Å². The monoisotopic (exact) mass is 259 g/mol. The molecule has 0 bridgehead atoms. The van der Waals surface area contributed by atoms with Crippen molar-refractivity contribution >= 4 is 5.91 Å². The predicted octanol–water partition coefficient (Wildman–Crippen LogP) is 1.53. The van der Waals surface area contributed by atoms with Crippen LogP contribution in [-0.4, -0.2) is 22.6 Å². The van der Waals surface area contributed by atoms with Crippen LogP contribution in [0, 0.1) is 0 Å². The van der Waals surface area contributed by atoms with Crippen molar-refractivity contribution in [2.45, 2.75) is 19.4 Å². The van der Waals surface area contributed by atoms with Crippen LogP contribution in [0.4, 0.5) is 0 Å². The molecule has 5 heteroatoms. The van der Waals surface area contributed by atoms with E-state index in [-0.39, 0.29) is 5.91 Å². The zero-order valence-corrected chi connectivity index (χ0v) is 11.0. The van der Waals surface area contributed by atoms with Gasteiger partial charge >= 0.3 is 0 Å². The minimum Gasteiger partial charge on any atom is -0.497 e. The molecule has 1 aromatic carbocycles. The van der Waals surface area contributed by atoms with Gasteiger partial charge in [-0.15, -0.1) is 0 Å². The first kappa shape index (κ1) is 13.1. The van der Waals surface area contributed by atoms with Gasteiger partial charge in [-0.05, 0) is 24.6 Å². The van der Waals surface area contributed by atoms with Crippen molar-refractivity contribution in [2.75, 3.05) is 7.11 Å². The Kier molecular flexibility index (Phi) is 3.85. The molecule has 0 saturated carbocycles. The number of imidazole rings is 1. The third-order valence-corrected chi connectivity index (χ3v) is 3.10. The van der Waals surface area contributed by atoms with Crippen molar-refractivity contribution in [3.05, 3.63) is 48.0 Å². The van der Waals surface area contributed by atoms with Gasteiger partial charge in [0.15, 0.2) is 0 Å². The summed E-state index contributed by atoms with van der Waals surface area (Å²) in [7, 11) is 1.64. The summed E-state index contributed by atoms with van der Waals surface area (Å²) >= 11 is 0. The van der Waals surface area contributed by atoms with Crippen LogP contribution < -0.4 is 10.5 Å². The molecule has 0 spiro atoms. The number of methoxy groups -OCH3 is 1. The van der Waals surface area contributed by atoms with E-state index in [0.29, 0.717) is 6.42 Å². The summed E-state index contributed by atoms with van der Waals surface area (Å²) in [6.45, 7) is 1.77. The molecule has 1 heterocycles. The van der Waals surface area contributed by atoms with E-state index in [1.54, 1.807) is 31.0 Å². The molecule has 5 nitrogen and oxygen atoms in total. The summed E-state index contributed by atoms with van der Waals surface area (Å²) in [5.74, 6) is 1.27. The molecule has 100 valence electrons. The first-order valence-corrected chi connectivity index (χ1v) is 6.05. The van der Waals surface area contributed by atoms with Crippen LogP contribution in [0.5, 0.6) is 5.75 Å². The molecule has 2 rings (SSSR count). The minimum atomic E-state index is -0.393. The van der Waals surface area contributed by atoms with E-state index in [1.807, 2.05) is 24.3 Å². The number of nitrogens with zero attached hydrogens (tertiary/aromatic N) is 2. The zero-order valence-electron chi connectivity index (χ0n) is 11.0. The van der Waals surface area contributed by atoms with Crippen molar-refractivity contribution in [1.29, 1.82) is 0 Å². The lowest BCUT2D eigenvalue weighted by atomic mass is 10.1. The number of carbonyl (C=O) groups is 1. The van der Waals surface area contributed by atoms with Crippen LogP contribution in [0.25, 0.3) is 0 Å². The number of benzene rings is 1. The van der Waals surface area contributed by atoms with E-state index < -0.39 is 6.04 Å². The van der Waals surface area contributed by atoms with Crippen LogP contribution in [0.1, 0.15) is 24.4 Å². The Bertz CT molecular complexity index is 560. The van der Waals surface area contributed by atoms with Gasteiger partial charge < -0.3 is 15.0 Å². The minimum absolute atomic E-state index is 0.367. The fourth-order valence-corrected chi connectivity index (χ4v) is 1.90. The third-order valence-electron chi connectivity index (χ3n) is 3.10. The zero-order chi connectivity index (χ0) is 13.8. The summed E-state index contributed by atoms with van der Waals surface area (Å²) in [5.41, 5.74) is 6.43. The predicted molar refractivity (Wildman–Crippen MR) is 71.9 cm³/mol. The van der Waals surface area contributed by atoms with Crippen LogP contribution in [0.2, 0.25) is 0 Å². The quantitative estimate of drug-likeness (QED) is 0.885. The van der Waals surface area contributed by atoms with Gasteiger partial charge in [0.1, 0.15) is 17.6 Å². The first-order valence-electron chi connectivity index (χ1n) is 6.05. The lowest BCUT2D eigenvalue weighted by Crippen LogP contribution is -2.25. The van der Waals surface area contributed by atoms with Gasteiger partial charge in [-0.1, -0.05) is 12.1 Å². The number of primary amides is 1. The fourth-order valence-electron chi connectivity index (χ4n) is 1.90. The second-order valence-corrected chi connectivity index (χ2v) is 4.35. The van der Waals surface area contributed by atoms with E-state index in [9.17, 15) is 4.79 Å². The summed E-state index contributed by atoms with van der Waals surface area (Å²) < 4.78 is 6.91.